The Bertz CT molecular complexity index is 496. The van der Waals surface area contributed by atoms with Crippen LogP contribution in [0.25, 0.3) is 0 Å². The Hall–Kier alpha value is -1.69. The summed E-state index contributed by atoms with van der Waals surface area (Å²) in [5.41, 5.74) is 0.0151. The van der Waals surface area contributed by atoms with E-state index >= 15 is 0 Å². The minimum atomic E-state index is -0.620. The van der Waals surface area contributed by atoms with Crippen molar-refractivity contribution in [3.05, 3.63) is 23.6 Å². The molecule has 5 nitrogen and oxygen atoms in total. The van der Waals surface area contributed by atoms with Gasteiger partial charge in [-0.1, -0.05) is 12.8 Å². The number of halogens is 1. The van der Waals surface area contributed by atoms with Crippen LogP contribution in [0.2, 0.25) is 0 Å². The van der Waals surface area contributed by atoms with Gasteiger partial charge < -0.3 is 15.3 Å². The maximum Gasteiger partial charge on any atom is 0.257 e. The molecule has 1 aliphatic heterocycles. The summed E-state index contributed by atoms with van der Waals surface area (Å²) in [5.74, 6) is -0.890. The predicted molar refractivity (Wildman–Crippen MR) is 78.7 cm³/mol. The van der Waals surface area contributed by atoms with Gasteiger partial charge in [0, 0.05) is 19.3 Å². The highest BCUT2D eigenvalue weighted by Gasteiger charge is 2.28. The molecule has 2 heterocycles. The number of rotatable bonds is 4. The molecule has 2 rings (SSSR count). The Morgan fingerprint density at radius 2 is 2.33 bits per heavy atom. The van der Waals surface area contributed by atoms with Crippen molar-refractivity contribution in [1.29, 1.82) is 0 Å². The topological polar surface area (TPSA) is 65.5 Å². The van der Waals surface area contributed by atoms with E-state index in [4.69, 9.17) is 0 Å². The van der Waals surface area contributed by atoms with Crippen molar-refractivity contribution in [2.45, 2.75) is 38.6 Å². The van der Waals surface area contributed by atoms with Gasteiger partial charge in [0.25, 0.3) is 5.91 Å². The highest BCUT2D eigenvalue weighted by Crippen LogP contribution is 2.22. The number of carbonyl (C=O) groups excluding carboxylic acids is 1. The van der Waals surface area contributed by atoms with Gasteiger partial charge in [0.1, 0.15) is 0 Å². The van der Waals surface area contributed by atoms with Crippen LogP contribution in [0.4, 0.5) is 10.2 Å². The van der Waals surface area contributed by atoms with Crippen molar-refractivity contribution >= 4 is 11.7 Å². The largest absolute Gasteiger partial charge is 0.394 e. The summed E-state index contributed by atoms with van der Waals surface area (Å²) < 4.78 is 14.4. The normalized spacial score (nSPS) is 19.2. The average molecular weight is 295 g/mol. The molecule has 116 valence electrons. The quantitative estimate of drug-likeness (QED) is 0.892. The van der Waals surface area contributed by atoms with Gasteiger partial charge in [-0.25, -0.2) is 9.37 Å². The zero-order valence-electron chi connectivity index (χ0n) is 12.3. The third-order valence-corrected chi connectivity index (χ3v) is 3.81. The molecular weight excluding hydrogens is 273 g/mol. The second-order valence-electron chi connectivity index (χ2n) is 5.24. The van der Waals surface area contributed by atoms with E-state index in [1.165, 1.54) is 12.3 Å². The molecule has 1 atom stereocenters. The van der Waals surface area contributed by atoms with Crippen LogP contribution in [0.1, 0.15) is 43.0 Å². The third kappa shape index (κ3) is 3.50. The SMILES string of the molecule is CCNc1nccc(C(=O)N2CCCCCC2CO)c1F. The van der Waals surface area contributed by atoms with Crippen LogP contribution < -0.4 is 5.32 Å². The van der Waals surface area contributed by atoms with E-state index in [0.717, 1.165) is 25.7 Å². The summed E-state index contributed by atoms with van der Waals surface area (Å²) in [6.45, 7) is 2.84. The van der Waals surface area contributed by atoms with E-state index in [0.29, 0.717) is 13.1 Å². The lowest BCUT2D eigenvalue weighted by Gasteiger charge is -2.29. The van der Waals surface area contributed by atoms with E-state index in [2.05, 4.69) is 10.3 Å². The predicted octanol–water partition coefficient (Wildman–Crippen LogP) is 2.03. The Balaban J connectivity index is 2.27. The molecule has 0 aliphatic carbocycles. The van der Waals surface area contributed by atoms with Crippen LogP contribution >= 0.6 is 0 Å². The van der Waals surface area contributed by atoms with E-state index in [1.54, 1.807) is 4.90 Å². The molecule has 0 bridgehead atoms. The van der Waals surface area contributed by atoms with Crippen LogP contribution in [0.15, 0.2) is 12.3 Å². The molecule has 1 fully saturated rings. The number of anilines is 1. The molecule has 6 heteroatoms. The van der Waals surface area contributed by atoms with Gasteiger partial charge in [-0.2, -0.15) is 0 Å². The number of pyridine rings is 1. The number of nitrogens with one attached hydrogen (secondary N) is 1. The molecule has 0 saturated carbocycles. The summed E-state index contributed by atoms with van der Waals surface area (Å²) in [4.78, 5) is 18.1. The fourth-order valence-corrected chi connectivity index (χ4v) is 2.69. The highest BCUT2D eigenvalue weighted by molar-refractivity contribution is 5.95. The standard InChI is InChI=1S/C15H22FN3O2/c1-2-17-14-13(16)12(7-8-18-14)15(21)19-9-5-3-4-6-11(19)10-20/h7-8,11,20H,2-6,9-10H2,1H3,(H,17,18). The van der Waals surface area contributed by atoms with Gasteiger partial charge in [-0.15, -0.1) is 0 Å². The molecule has 1 amide bonds. The van der Waals surface area contributed by atoms with Crippen LogP contribution in [0, 0.1) is 5.82 Å². The lowest BCUT2D eigenvalue weighted by molar-refractivity contribution is 0.0595. The fourth-order valence-electron chi connectivity index (χ4n) is 2.69. The van der Waals surface area contributed by atoms with E-state index in [1.807, 2.05) is 6.92 Å². The van der Waals surface area contributed by atoms with E-state index in [-0.39, 0.29) is 29.9 Å². The van der Waals surface area contributed by atoms with Crippen molar-refractivity contribution < 1.29 is 14.3 Å². The molecule has 2 N–H and O–H groups in total. The first-order valence-corrected chi connectivity index (χ1v) is 7.49. The third-order valence-electron chi connectivity index (χ3n) is 3.81. The summed E-state index contributed by atoms with van der Waals surface area (Å²) in [6.07, 6.45) is 5.09. The van der Waals surface area contributed by atoms with Crippen molar-refractivity contribution in [2.24, 2.45) is 0 Å². The molecular formula is C15H22FN3O2. The van der Waals surface area contributed by atoms with E-state index in [9.17, 15) is 14.3 Å². The number of aliphatic hydroxyl groups is 1. The maximum atomic E-state index is 14.4. The molecule has 21 heavy (non-hydrogen) atoms. The number of amides is 1. The van der Waals surface area contributed by atoms with Crippen LogP contribution in [0.3, 0.4) is 0 Å². The van der Waals surface area contributed by atoms with E-state index < -0.39 is 5.82 Å². The molecule has 0 aromatic carbocycles. The van der Waals surface area contributed by atoms with Crippen LogP contribution in [-0.4, -0.2) is 46.6 Å². The summed E-state index contributed by atoms with van der Waals surface area (Å²) in [5, 5.41) is 12.3. The van der Waals surface area contributed by atoms with Crippen molar-refractivity contribution in [3.8, 4) is 0 Å². The summed E-state index contributed by atoms with van der Waals surface area (Å²) >= 11 is 0. The Labute approximate surface area is 124 Å². The second kappa shape index (κ2) is 7.36. The first-order chi connectivity index (χ1) is 10.2. The summed E-state index contributed by atoms with van der Waals surface area (Å²) in [6, 6.07) is 1.17. The molecule has 1 aliphatic rings. The molecule has 1 saturated heterocycles. The Morgan fingerprint density at radius 3 is 3.05 bits per heavy atom. The number of aromatic nitrogens is 1. The van der Waals surface area contributed by atoms with Crippen molar-refractivity contribution in [1.82, 2.24) is 9.88 Å². The summed E-state index contributed by atoms with van der Waals surface area (Å²) in [7, 11) is 0. The van der Waals surface area contributed by atoms with Crippen LogP contribution in [-0.2, 0) is 0 Å². The maximum absolute atomic E-state index is 14.4. The van der Waals surface area contributed by atoms with Gasteiger partial charge in [-0.3, -0.25) is 4.79 Å². The fraction of sp³-hybridized carbons (Fsp3) is 0.600. The Morgan fingerprint density at radius 1 is 1.52 bits per heavy atom. The van der Waals surface area contributed by atoms with Crippen molar-refractivity contribution in [2.75, 3.05) is 25.0 Å². The minimum Gasteiger partial charge on any atom is -0.394 e. The number of nitrogens with zero attached hydrogens (tertiary/aromatic N) is 2. The van der Waals surface area contributed by atoms with Gasteiger partial charge >= 0.3 is 0 Å². The lowest BCUT2D eigenvalue weighted by atomic mass is 10.1. The number of hydrogen-bond acceptors (Lipinski definition) is 4. The molecule has 1 unspecified atom stereocenters. The minimum absolute atomic E-state index is 0.0151. The highest BCUT2D eigenvalue weighted by atomic mass is 19.1. The number of likely N-dealkylation sites (tertiary alicyclic amines) is 1. The molecule has 1 aromatic rings. The van der Waals surface area contributed by atoms with Gasteiger partial charge in [0.05, 0.1) is 18.2 Å². The first kappa shape index (κ1) is 15.7. The molecule has 1 aromatic heterocycles. The zero-order valence-corrected chi connectivity index (χ0v) is 12.3. The second-order valence-corrected chi connectivity index (χ2v) is 5.24. The Kier molecular flexibility index (Phi) is 5.50. The van der Waals surface area contributed by atoms with Gasteiger partial charge in [0.2, 0.25) is 0 Å². The van der Waals surface area contributed by atoms with Gasteiger partial charge in [0.15, 0.2) is 11.6 Å². The zero-order chi connectivity index (χ0) is 15.2. The van der Waals surface area contributed by atoms with Gasteiger partial charge in [-0.05, 0) is 25.8 Å². The van der Waals surface area contributed by atoms with Crippen LogP contribution in [0.5, 0.6) is 0 Å². The smallest absolute Gasteiger partial charge is 0.257 e. The van der Waals surface area contributed by atoms with Crippen molar-refractivity contribution in [3.63, 3.8) is 0 Å². The lowest BCUT2D eigenvalue weighted by Crippen LogP contribution is -2.42. The molecule has 0 radical (unpaired) electrons. The monoisotopic (exact) mass is 295 g/mol. The first-order valence-electron chi connectivity index (χ1n) is 7.49. The number of hydrogen-bond donors (Lipinski definition) is 2. The number of carbonyl (C=O) groups is 1. The average Bonchev–Trinajstić information content (AvgIpc) is 2.74. The number of aliphatic hydroxyl groups excluding tert-OH is 1. The molecule has 0 spiro atoms.